The Kier molecular flexibility index (Phi) is 6.11. The van der Waals surface area contributed by atoms with Crippen molar-refractivity contribution in [3.05, 3.63) is 59.7 Å². The number of carbonyl (C=O) groups is 3. The second kappa shape index (κ2) is 8.49. The van der Waals surface area contributed by atoms with Gasteiger partial charge < -0.3 is 21.7 Å². The molecule has 130 valence electrons. The zero-order valence-electron chi connectivity index (χ0n) is 13.8. The summed E-state index contributed by atoms with van der Waals surface area (Å²) >= 11 is 0. The van der Waals surface area contributed by atoms with Crippen LogP contribution in [-0.4, -0.2) is 30.8 Å². The first-order valence-corrected chi connectivity index (χ1v) is 7.82. The molecule has 0 unspecified atom stereocenters. The van der Waals surface area contributed by atoms with E-state index in [1.54, 1.807) is 48.5 Å². The van der Waals surface area contributed by atoms with Crippen molar-refractivity contribution in [2.45, 2.75) is 6.92 Å². The molecule has 0 aromatic heterocycles. The Morgan fingerprint density at radius 2 is 1.80 bits per heavy atom. The van der Waals surface area contributed by atoms with Crippen LogP contribution in [0.5, 0.6) is 0 Å². The quantitative estimate of drug-likeness (QED) is 0.613. The van der Waals surface area contributed by atoms with Gasteiger partial charge in [0.25, 0.3) is 11.8 Å². The molecule has 0 heterocycles. The average Bonchev–Trinajstić information content (AvgIpc) is 2.61. The molecule has 0 saturated heterocycles. The highest BCUT2D eigenvalue weighted by Gasteiger charge is 2.10. The Bertz CT molecular complexity index is 789. The van der Waals surface area contributed by atoms with Gasteiger partial charge in [0.1, 0.15) is 0 Å². The first kappa shape index (κ1) is 18.0. The Morgan fingerprint density at radius 1 is 1.04 bits per heavy atom. The van der Waals surface area contributed by atoms with Crippen LogP contribution < -0.4 is 21.7 Å². The van der Waals surface area contributed by atoms with Crippen molar-refractivity contribution in [3.8, 4) is 0 Å². The molecule has 0 aliphatic heterocycles. The smallest absolute Gasteiger partial charge is 0.251 e. The first-order chi connectivity index (χ1) is 12.0. The number of anilines is 2. The molecule has 0 aliphatic rings. The van der Waals surface area contributed by atoms with Gasteiger partial charge in [-0.25, -0.2) is 0 Å². The standard InChI is InChI=1S/C18H20N4O3/c1-2-20-18(25)12-6-5-7-13(10-12)21-11-16(23)22-15-9-4-3-8-14(15)17(19)24/h3-10,21H,2,11H2,1H3,(H2,19,24)(H,20,25)(H,22,23). The molecule has 2 rings (SSSR count). The number of nitrogens with one attached hydrogen (secondary N) is 3. The second-order valence-corrected chi connectivity index (χ2v) is 5.25. The molecule has 0 atom stereocenters. The number of rotatable bonds is 7. The van der Waals surface area contributed by atoms with E-state index in [0.29, 0.717) is 23.5 Å². The zero-order chi connectivity index (χ0) is 18.2. The van der Waals surface area contributed by atoms with E-state index >= 15 is 0 Å². The van der Waals surface area contributed by atoms with Crippen molar-refractivity contribution in [1.29, 1.82) is 0 Å². The highest BCUT2D eigenvalue weighted by molar-refractivity contribution is 6.03. The maximum Gasteiger partial charge on any atom is 0.251 e. The monoisotopic (exact) mass is 340 g/mol. The summed E-state index contributed by atoms with van der Waals surface area (Å²) in [5.41, 5.74) is 7.03. The fourth-order valence-corrected chi connectivity index (χ4v) is 2.22. The summed E-state index contributed by atoms with van der Waals surface area (Å²) in [5.74, 6) is -1.12. The Hall–Kier alpha value is -3.35. The van der Waals surface area contributed by atoms with Gasteiger partial charge in [0, 0.05) is 17.8 Å². The van der Waals surface area contributed by atoms with E-state index in [2.05, 4.69) is 16.0 Å². The third-order valence-electron chi connectivity index (χ3n) is 3.38. The van der Waals surface area contributed by atoms with Gasteiger partial charge in [-0.3, -0.25) is 14.4 Å². The summed E-state index contributed by atoms with van der Waals surface area (Å²) in [5, 5.41) is 8.29. The third kappa shape index (κ3) is 5.07. The first-order valence-electron chi connectivity index (χ1n) is 7.82. The molecule has 0 saturated carbocycles. The number of amides is 3. The lowest BCUT2D eigenvalue weighted by atomic mass is 10.1. The van der Waals surface area contributed by atoms with Gasteiger partial charge in [-0.05, 0) is 37.3 Å². The van der Waals surface area contributed by atoms with E-state index in [0.717, 1.165) is 0 Å². The van der Waals surface area contributed by atoms with E-state index < -0.39 is 5.91 Å². The minimum atomic E-state index is -0.613. The van der Waals surface area contributed by atoms with Gasteiger partial charge in [-0.15, -0.1) is 0 Å². The molecule has 7 heteroatoms. The number of primary amides is 1. The lowest BCUT2D eigenvalue weighted by Crippen LogP contribution is -2.24. The Labute approximate surface area is 145 Å². The topological polar surface area (TPSA) is 113 Å². The molecule has 0 aliphatic carbocycles. The van der Waals surface area contributed by atoms with E-state index in [9.17, 15) is 14.4 Å². The van der Waals surface area contributed by atoms with Crippen LogP contribution in [0, 0.1) is 0 Å². The second-order valence-electron chi connectivity index (χ2n) is 5.25. The molecule has 3 amide bonds. The summed E-state index contributed by atoms with van der Waals surface area (Å²) in [7, 11) is 0. The summed E-state index contributed by atoms with van der Waals surface area (Å²) in [6.07, 6.45) is 0. The van der Waals surface area contributed by atoms with Crippen LogP contribution in [-0.2, 0) is 4.79 Å². The maximum absolute atomic E-state index is 12.1. The number of hydrogen-bond acceptors (Lipinski definition) is 4. The van der Waals surface area contributed by atoms with Crippen LogP contribution in [0.2, 0.25) is 0 Å². The summed E-state index contributed by atoms with van der Waals surface area (Å²) in [6.45, 7) is 2.36. The summed E-state index contributed by atoms with van der Waals surface area (Å²) in [6, 6.07) is 13.4. The highest BCUT2D eigenvalue weighted by Crippen LogP contribution is 2.14. The van der Waals surface area contributed by atoms with Crippen molar-refractivity contribution < 1.29 is 14.4 Å². The fourth-order valence-electron chi connectivity index (χ4n) is 2.22. The minimum absolute atomic E-state index is 0.0219. The van der Waals surface area contributed by atoms with Crippen LogP contribution in [0.25, 0.3) is 0 Å². The van der Waals surface area contributed by atoms with E-state index in [1.807, 2.05) is 6.92 Å². The van der Waals surface area contributed by atoms with Crippen molar-refractivity contribution in [2.75, 3.05) is 23.7 Å². The SMILES string of the molecule is CCNC(=O)c1cccc(NCC(=O)Nc2ccccc2C(N)=O)c1. The molecular weight excluding hydrogens is 320 g/mol. The number of benzene rings is 2. The van der Waals surface area contributed by atoms with Crippen LogP contribution in [0.3, 0.4) is 0 Å². The van der Waals surface area contributed by atoms with Crippen molar-refractivity contribution in [3.63, 3.8) is 0 Å². The van der Waals surface area contributed by atoms with Gasteiger partial charge in [0.15, 0.2) is 0 Å². The van der Waals surface area contributed by atoms with E-state index in [1.165, 1.54) is 0 Å². The van der Waals surface area contributed by atoms with Crippen LogP contribution >= 0.6 is 0 Å². The molecule has 0 bridgehead atoms. The lowest BCUT2D eigenvalue weighted by Gasteiger charge is -2.11. The third-order valence-corrected chi connectivity index (χ3v) is 3.38. The summed E-state index contributed by atoms with van der Waals surface area (Å²) < 4.78 is 0. The largest absolute Gasteiger partial charge is 0.376 e. The molecule has 0 radical (unpaired) electrons. The van der Waals surface area contributed by atoms with Gasteiger partial charge in [0.05, 0.1) is 17.8 Å². The van der Waals surface area contributed by atoms with Gasteiger partial charge in [-0.1, -0.05) is 18.2 Å². The molecule has 0 fully saturated rings. The molecule has 7 nitrogen and oxygen atoms in total. The predicted octanol–water partition coefficient (Wildman–Crippen LogP) is 1.59. The molecular formula is C18H20N4O3. The van der Waals surface area contributed by atoms with E-state index in [4.69, 9.17) is 5.73 Å². The van der Waals surface area contributed by atoms with Gasteiger partial charge in [-0.2, -0.15) is 0 Å². The van der Waals surface area contributed by atoms with Gasteiger partial charge >= 0.3 is 0 Å². The maximum atomic E-state index is 12.1. The van der Waals surface area contributed by atoms with Crippen molar-refractivity contribution >= 4 is 29.1 Å². The number of nitrogens with two attached hydrogens (primary N) is 1. The lowest BCUT2D eigenvalue weighted by molar-refractivity contribution is -0.114. The zero-order valence-corrected chi connectivity index (χ0v) is 13.8. The predicted molar refractivity (Wildman–Crippen MR) is 96.5 cm³/mol. The molecule has 2 aromatic rings. The highest BCUT2D eigenvalue weighted by atomic mass is 16.2. The molecule has 2 aromatic carbocycles. The number of para-hydroxylation sites is 1. The number of hydrogen-bond donors (Lipinski definition) is 4. The van der Waals surface area contributed by atoms with Crippen LogP contribution in [0.15, 0.2) is 48.5 Å². The molecule has 0 spiro atoms. The Morgan fingerprint density at radius 3 is 2.52 bits per heavy atom. The van der Waals surface area contributed by atoms with E-state index in [-0.39, 0.29) is 23.9 Å². The van der Waals surface area contributed by atoms with Crippen LogP contribution in [0.1, 0.15) is 27.6 Å². The average molecular weight is 340 g/mol. The fraction of sp³-hybridized carbons (Fsp3) is 0.167. The Balaban J connectivity index is 1.98. The molecule has 25 heavy (non-hydrogen) atoms. The number of carbonyl (C=O) groups excluding carboxylic acids is 3. The summed E-state index contributed by atoms with van der Waals surface area (Å²) in [4.78, 5) is 35.2. The van der Waals surface area contributed by atoms with Crippen LogP contribution in [0.4, 0.5) is 11.4 Å². The van der Waals surface area contributed by atoms with Gasteiger partial charge in [0.2, 0.25) is 5.91 Å². The van der Waals surface area contributed by atoms with Crippen molar-refractivity contribution in [2.24, 2.45) is 5.73 Å². The van der Waals surface area contributed by atoms with Crippen molar-refractivity contribution in [1.82, 2.24) is 5.32 Å². The normalized spacial score (nSPS) is 9.96. The molecule has 5 N–H and O–H groups in total. The minimum Gasteiger partial charge on any atom is -0.376 e.